The number of anilines is 1. The monoisotopic (exact) mass is 355 g/mol. The number of aliphatic hydroxyl groups is 1. The average molecular weight is 355 g/mol. The molecule has 2 rings (SSSR count). The molecule has 0 aliphatic heterocycles. The Kier molecular flexibility index (Phi) is 9.09. The maximum Gasteiger partial charge on any atom is 0.119 e. The number of nitrogens with one attached hydrogen (secondary N) is 1. The quantitative estimate of drug-likeness (QED) is 0.507. The van der Waals surface area contributed by atoms with Crippen molar-refractivity contribution in [3.05, 3.63) is 59.7 Å². The lowest BCUT2D eigenvalue weighted by molar-refractivity contribution is 0.0247. The van der Waals surface area contributed by atoms with Crippen molar-refractivity contribution in [1.29, 1.82) is 0 Å². The van der Waals surface area contributed by atoms with Gasteiger partial charge in [0.05, 0.1) is 33.0 Å². The molecule has 0 aromatic heterocycles. The highest BCUT2D eigenvalue weighted by Gasteiger charge is 1.95. The predicted molar refractivity (Wildman–Crippen MR) is 103 cm³/mol. The summed E-state index contributed by atoms with van der Waals surface area (Å²) in [6.45, 7) is 2.32. The first-order chi connectivity index (χ1) is 12.8. The summed E-state index contributed by atoms with van der Waals surface area (Å²) in [5.41, 5.74) is 2.98. The van der Waals surface area contributed by atoms with E-state index >= 15 is 0 Å². The van der Waals surface area contributed by atoms with Crippen LogP contribution in [0, 0.1) is 11.8 Å². The summed E-state index contributed by atoms with van der Waals surface area (Å²) in [7, 11) is 1.89. The van der Waals surface area contributed by atoms with Crippen LogP contribution in [-0.4, -0.2) is 51.8 Å². The summed E-state index contributed by atoms with van der Waals surface area (Å²) in [6, 6.07) is 15.7. The normalized spacial score (nSPS) is 10.1. The van der Waals surface area contributed by atoms with E-state index in [1.54, 1.807) is 0 Å². The van der Waals surface area contributed by atoms with Gasteiger partial charge in [-0.1, -0.05) is 11.8 Å². The fourth-order valence-electron chi connectivity index (χ4n) is 2.10. The van der Waals surface area contributed by atoms with Crippen LogP contribution in [0.15, 0.2) is 48.5 Å². The largest absolute Gasteiger partial charge is 0.491 e. The molecule has 0 unspecified atom stereocenters. The second-order valence-electron chi connectivity index (χ2n) is 5.40. The molecule has 0 heterocycles. The second-order valence-corrected chi connectivity index (χ2v) is 5.40. The third-order valence-electron chi connectivity index (χ3n) is 3.48. The molecule has 0 bridgehead atoms. The molecule has 0 atom stereocenters. The van der Waals surface area contributed by atoms with E-state index in [4.69, 9.17) is 19.3 Å². The fourth-order valence-corrected chi connectivity index (χ4v) is 2.10. The minimum atomic E-state index is 0.0338. The van der Waals surface area contributed by atoms with E-state index < -0.39 is 0 Å². The van der Waals surface area contributed by atoms with Crippen molar-refractivity contribution in [2.75, 3.05) is 52.0 Å². The molecule has 0 amide bonds. The highest BCUT2D eigenvalue weighted by Crippen LogP contribution is 2.12. The van der Waals surface area contributed by atoms with Crippen molar-refractivity contribution in [3.63, 3.8) is 0 Å². The van der Waals surface area contributed by atoms with Crippen molar-refractivity contribution >= 4 is 5.69 Å². The van der Waals surface area contributed by atoms with Crippen LogP contribution in [0.3, 0.4) is 0 Å². The Hall–Kier alpha value is -2.52. The lowest BCUT2D eigenvalue weighted by Gasteiger charge is -2.07. The molecule has 2 N–H and O–H groups in total. The van der Waals surface area contributed by atoms with Crippen molar-refractivity contribution < 1.29 is 19.3 Å². The molecule has 0 aliphatic rings. The molecule has 5 nitrogen and oxygen atoms in total. The average Bonchev–Trinajstić information content (AvgIpc) is 2.69. The van der Waals surface area contributed by atoms with Crippen LogP contribution >= 0.6 is 0 Å². The van der Waals surface area contributed by atoms with Gasteiger partial charge in [0.2, 0.25) is 0 Å². The fraction of sp³-hybridized carbons (Fsp3) is 0.333. The van der Waals surface area contributed by atoms with Crippen LogP contribution in [0.2, 0.25) is 0 Å². The zero-order valence-corrected chi connectivity index (χ0v) is 15.0. The summed E-state index contributed by atoms with van der Waals surface area (Å²) in [6.07, 6.45) is 0. The summed E-state index contributed by atoms with van der Waals surface area (Å²) in [5.74, 6) is 7.08. The van der Waals surface area contributed by atoms with Gasteiger partial charge in [-0.25, -0.2) is 0 Å². The highest BCUT2D eigenvalue weighted by molar-refractivity contribution is 5.50. The molecule has 26 heavy (non-hydrogen) atoms. The lowest BCUT2D eigenvalue weighted by atomic mass is 10.1. The van der Waals surface area contributed by atoms with Gasteiger partial charge in [0.25, 0.3) is 0 Å². The van der Waals surface area contributed by atoms with E-state index in [1.165, 1.54) is 0 Å². The number of ether oxygens (including phenoxy) is 3. The maximum absolute atomic E-state index is 8.57. The molecule has 0 saturated heterocycles. The molecule has 2 aromatic rings. The Balaban J connectivity index is 1.70. The first-order valence-electron chi connectivity index (χ1n) is 8.61. The van der Waals surface area contributed by atoms with Crippen LogP contribution in [0.1, 0.15) is 11.1 Å². The Labute approximate surface area is 154 Å². The van der Waals surface area contributed by atoms with Gasteiger partial charge < -0.3 is 24.6 Å². The summed E-state index contributed by atoms with van der Waals surface area (Å²) >= 11 is 0. The highest BCUT2D eigenvalue weighted by atomic mass is 16.5. The van der Waals surface area contributed by atoms with E-state index in [0.29, 0.717) is 33.0 Å². The van der Waals surface area contributed by atoms with Crippen LogP contribution in [-0.2, 0) is 9.47 Å². The van der Waals surface area contributed by atoms with Crippen LogP contribution in [0.25, 0.3) is 0 Å². The molecular weight excluding hydrogens is 330 g/mol. The van der Waals surface area contributed by atoms with Gasteiger partial charge >= 0.3 is 0 Å². The molecule has 138 valence electrons. The second kappa shape index (κ2) is 11.9. The van der Waals surface area contributed by atoms with Crippen molar-refractivity contribution in [2.24, 2.45) is 0 Å². The Morgan fingerprint density at radius 3 is 1.88 bits per heavy atom. The van der Waals surface area contributed by atoms with E-state index in [1.807, 2.05) is 55.6 Å². The predicted octanol–water partition coefficient (Wildman–Crippen LogP) is 2.53. The zero-order chi connectivity index (χ0) is 18.5. The molecule has 0 fully saturated rings. The molecule has 2 aromatic carbocycles. The summed E-state index contributed by atoms with van der Waals surface area (Å²) in [4.78, 5) is 0. The number of rotatable bonds is 10. The number of aliphatic hydroxyl groups excluding tert-OH is 1. The summed E-state index contributed by atoms with van der Waals surface area (Å²) in [5, 5.41) is 11.7. The van der Waals surface area contributed by atoms with Crippen molar-refractivity contribution in [2.45, 2.75) is 0 Å². The molecule has 5 heteroatoms. The number of hydrogen-bond donors (Lipinski definition) is 2. The van der Waals surface area contributed by atoms with Crippen LogP contribution in [0.5, 0.6) is 5.75 Å². The minimum absolute atomic E-state index is 0.0338. The van der Waals surface area contributed by atoms with E-state index in [-0.39, 0.29) is 6.61 Å². The SMILES string of the molecule is CNc1ccc(C#Cc2ccc(OCCOCCOCCO)cc2)cc1. The van der Waals surface area contributed by atoms with Gasteiger partial charge in [-0.3, -0.25) is 0 Å². The molecular formula is C21H25NO4. The van der Waals surface area contributed by atoms with Gasteiger partial charge in [-0.05, 0) is 48.5 Å². The summed E-state index contributed by atoms with van der Waals surface area (Å²) < 4.78 is 16.1. The Bertz CT molecular complexity index is 687. The van der Waals surface area contributed by atoms with E-state index in [0.717, 1.165) is 22.6 Å². The lowest BCUT2D eigenvalue weighted by Crippen LogP contribution is -2.11. The van der Waals surface area contributed by atoms with Gasteiger partial charge in [0.1, 0.15) is 12.4 Å². The van der Waals surface area contributed by atoms with Gasteiger partial charge in [-0.15, -0.1) is 0 Å². The number of benzene rings is 2. The van der Waals surface area contributed by atoms with Gasteiger partial charge in [-0.2, -0.15) is 0 Å². The topological polar surface area (TPSA) is 60.0 Å². The standard InChI is InChI=1S/C21H25NO4/c1-22-20-8-4-18(5-9-20)2-3-19-6-10-21(11-7-19)26-17-16-25-15-14-24-13-12-23/h4-11,22-23H,12-17H2,1H3. The number of hydrogen-bond acceptors (Lipinski definition) is 5. The van der Waals surface area contributed by atoms with Crippen molar-refractivity contribution in [3.8, 4) is 17.6 Å². The third kappa shape index (κ3) is 7.58. The minimum Gasteiger partial charge on any atom is -0.491 e. The molecule has 0 aliphatic carbocycles. The van der Waals surface area contributed by atoms with Gasteiger partial charge in [0, 0.05) is 23.9 Å². The van der Waals surface area contributed by atoms with Crippen LogP contribution < -0.4 is 10.1 Å². The van der Waals surface area contributed by atoms with E-state index in [2.05, 4.69) is 17.2 Å². The third-order valence-corrected chi connectivity index (χ3v) is 3.48. The first kappa shape index (κ1) is 19.8. The Morgan fingerprint density at radius 1 is 0.769 bits per heavy atom. The maximum atomic E-state index is 8.57. The van der Waals surface area contributed by atoms with Crippen molar-refractivity contribution in [1.82, 2.24) is 0 Å². The molecule has 0 spiro atoms. The molecule has 0 radical (unpaired) electrons. The zero-order valence-electron chi connectivity index (χ0n) is 15.0. The van der Waals surface area contributed by atoms with Gasteiger partial charge in [0.15, 0.2) is 0 Å². The molecule has 0 saturated carbocycles. The van der Waals surface area contributed by atoms with E-state index in [9.17, 15) is 0 Å². The Morgan fingerprint density at radius 2 is 1.31 bits per heavy atom. The first-order valence-corrected chi connectivity index (χ1v) is 8.61. The van der Waals surface area contributed by atoms with Crippen LogP contribution in [0.4, 0.5) is 5.69 Å². The smallest absolute Gasteiger partial charge is 0.119 e.